The van der Waals surface area contributed by atoms with Crippen LogP contribution in [0.2, 0.25) is 0 Å². The zero-order valence-electron chi connectivity index (χ0n) is 11.6. The van der Waals surface area contributed by atoms with Gasteiger partial charge in [-0.05, 0) is 30.5 Å². The van der Waals surface area contributed by atoms with E-state index in [1.807, 2.05) is 6.08 Å². The number of hydrogen-bond donors (Lipinski definition) is 1. The summed E-state index contributed by atoms with van der Waals surface area (Å²) in [6, 6.07) is 9.05. The summed E-state index contributed by atoms with van der Waals surface area (Å²) >= 11 is 0. The lowest BCUT2D eigenvalue weighted by Crippen LogP contribution is -2.25. The lowest BCUT2D eigenvalue weighted by atomic mass is 10.1. The summed E-state index contributed by atoms with van der Waals surface area (Å²) in [6.45, 7) is 10.5. The minimum absolute atomic E-state index is 0.543. The average Bonchev–Trinajstić information content (AvgIpc) is 2.36. The first-order chi connectivity index (χ1) is 8.74. The van der Waals surface area contributed by atoms with Crippen LogP contribution in [-0.4, -0.2) is 19.2 Å². The van der Waals surface area contributed by atoms with Crippen molar-refractivity contribution in [1.29, 1.82) is 0 Å². The molecular weight excluding hydrogens is 222 g/mol. The second-order valence-corrected chi connectivity index (χ2v) is 4.76. The molecule has 0 saturated carbocycles. The summed E-state index contributed by atoms with van der Waals surface area (Å²) in [5.41, 5.74) is 2.68. The molecule has 0 heterocycles. The molecule has 1 aromatic rings. The monoisotopic (exact) mass is 247 g/mol. The molecule has 1 aromatic carbocycles. The summed E-state index contributed by atoms with van der Waals surface area (Å²) in [5.74, 6) is 0. The molecule has 2 heteroatoms. The van der Waals surface area contributed by atoms with Crippen LogP contribution in [0.15, 0.2) is 36.9 Å². The van der Waals surface area contributed by atoms with Gasteiger partial charge in [0.15, 0.2) is 0 Å². The van der Waals surface area contributed by atoms with Gasteiger partial charge in [0.1, 0.15) is 0 Å². The normalized spacial score (nSPS) is 10.8. The molecule has 0 aromatic heterocycles. The lowest BCUT2D eigenvalue weighted by molar-refractivity contribution is 0.125. The minimum atomic E-state index is 0.543. The zero-order valence-corrected chi connectivity index (χ0v) is 11.6. The van der Waals surface area contributed by atoms with Crippen molar-refractivity contribution in [2.45, 2.75) is 39.3 Å². The smallest absolute Gasteiger partial charge is 0.0719 e. The molecule has 0 aliphatic heterocycles. The Balaban J connectivity index is 2.43. The molecule has 0 aliphatic carbocycles. The fourth-order valence-electron chi connectivity index (χ4n) is 1.79. The Morgan fingerprint density at radius 3 is 2.67 bits per heavy atom. The maximum atomic E-state index is 5.64. The molecular formula is C16H25NO. The fourth-order valence-corrected chi connectivity index (χ4v) is 1.79. The van der Waals surface area contributed by atoms with Crippen LogP contribution in [0, 0.1) is 0 Å². The summed E-state index contributed by atoms with van der Waals surface area (Å²) in [7, 11) is 0. The Bertz CT molecular complexity index is 347. The Kier molecular flexibility index (Phi) is 7.38. The van der Waals surface area contributed by atoms with E-state index < -0.39 is 0 Å². The van der Waals surface area contributed by atoms with Gasteiger partial charge in [-0.15, -0.1) is 6.58 Å². The molecule has 0 amide bonds. The molecule has 1 N–H and O–H groups in total. The molecule has 0 radical (unpaired) electrons. The average molecular weight is 247 g/mol. The van der Waals surface area contributed by atoms with Gasteiger partial charge in [0, 0.05) is 6.04 Å². The second kappa shape index (κ2) is 8.90. The lowest BCUT2D eigenvalue weighted by Gasteiger charge is -2.12. The van der Waals surface area contributed by atoms with Crippen LogP contribution in [0.5, 0.6) is 0 Å². The molecule has 1 rings (SSSR count). The standard InChI is InChI=1S/C16H25NO/c1-4-5-12-18-13-16-9-7-6-8-15(16)10-11-17-14(2)3/h4,6-9,14,17H,1,5,10-13H2,2-3H3. The third-order valence-corrected chi connectivity index (χ3v) is 2.79. The van der Waals surface area contributed by atoms with Crippen molar-refractivity contribution < 1.29 is 4.74 Å². The highest BCUT2D eigenvalue weighted by Crippen LogP contribution is 2.11. The van der Waals surface area contributed by atoms with Gasteiger partial charge in [0.25, 0.3) is 0 Å². The third kappa shape index (κ3) is 5.99. The van der Waals surface area contributed by atoms with Crippen molar-refractivity contribution in [3.05, 3.63) is 48.0 Å². The fraction of sp³-hybridized carbons (Fsp3) is 0.500. The third-order valence-electron chi connectivity index (χ3n) is 2.79. The van der Waals surface area contributed by atoms with Gasteiger partial charge in [-0.25, -0.2) is 0 Å². The maximum Gasteiger partial charge on any atom is 0.0719 e. The van der Waals surface area contributed by atoms with Crippen molar-refractivity contribution in [3.63, 3.8) is 0 Å². The van der Waals surface area contributed by atoms with Crippen molar-refractivity contribution in [2.24, 2.45) is 0 Å². The zero-order chi connectivity index (χ0) is 13.2. The number of benzene rings is 1. The highest BCUT2D eigenvalue weighted by Gasteiger charge is 2.02. The van der Waals surface area contributed by atoms with E-state index in [9.17, 15) is 0 Å². The van der Waals surface area contributed by atoms with E-state index in [0.29, 0.717) is 12.6 Å². The number of ether oxygens (including phenoxy) is 1. The van der Waals surface area contributed by atoms with Crippen molar-refractivity contribution in [3.8, 4) is 0 Å². The van der Waals surface area contributed by atoms with Gasteiger partial charge < -0.3 is 10.1 Å². The molecule has 0 saturated heterocycles. The van der Waals surface area contributed by atoms with E-state index >= 15 is 0 Å². The first-order valence-corrected chi connectivity index (χ1v) is 6.73. The second-order valence-electron chi connectivity index (χ2n) is 4.76. The van der Waals surface area contributed by atoms with E-state index in [-0.39, 0.29) is 0 Å². The first kappa shape index (κ1) is 14.9. The van der Waals surface area contributed by atoms with E-state index in [2.05, 4.69) is 50.0 Å². The number of rotatable bonds is 9. The van der Waals surface area contributed by atoms with Crippen LogP contribution in [0.3, 0.4) is 0 Å². The van der Waals surface area contributed by atoms with Gasteiger partial charge >= 0.3 is 0 Å². The van der Waals surface area contributed by atoms with Gasteiger partial charge in [0.2, 0.25) is 0 Å². The number of nitrogens with one attached hydrogen (secondary N) is 1. The van der Waals surface area contributed by atoms with Crippen molar-refractivity contribution in [2.75, 3.05) is 13.2 Å². The molecule has 18 heavy (non-hydrogen) atoms. The van der Waals surface area contributed by atoms with Crippen molar-refractivity contribution in [1.82, 2.24) is 5.32 Å². The van der Waals surface area contributed by atoms with Crippen LogP contribution in [0.4, 0.5) is 0 Å². The van der Waals surface area contributed by atoms with Gasteiger partial charge in [-0.3, -0.25) is 0 Å². The molecule has 0 unspecified atom stereocenters. The SMILES string of the molecule is C=CCCOCc1ccccc1CCNC(C)C. The summed E-state index contributed by atoms with van der Waals surface area (Å²) in [5, 5.41) is 3.44. The summed E-state index contributed by atoms with van der Waals surface area (Å²) in [6.07, 6.45) is 3.86. The minimum Gasteiger partial charge on any atom is -0.376 e. The number of hydrogen-bond acceptors (Lipinski definition) is 2. The highest BCUT2D eigenvalue weighted by atomic mass is 16.5. The molecule has 0 aliphatic rings. The molecule has 0 spiro atoms. The molecule has 0 atom stereocenters. The molecule has 2 nitrogen and oxygen atoms in total. The van der Waals surface area contributed by atoms with Gasteiger partial charge in [0.05, 0.1) is 13.2 Å². The van der Waals surface area contributed by atoms with Gasteiger partial charge in [-0.1, -0.05) is 44.2 Å². The van der Waals surface area contributed by atoms with E-state index in [1.54, 1.807) is 0 Å². The molecule has 0 bridgehead atoms. The van der Waals surface area contributed by atoms with Gasteiger partial charge in [-0.2, -0.15) is 0 Å². The van der Waals surface area contributed by atoms with E-state index in [0.717, 1.165) is 26.0 Å². The Morgan fingerprint density at radius 1 is 1.28 bits per heavy atom. The van der Waals surface area contributed by atoms with E-state index in [1.165, 1.54) is 11.1 Å². The molecule has 0 fully saturated rings. The summed E-state index contributed by atoms with van der Waals surface area (Å²) < 4.78 is 5.64. The highest BCUT2D eigenvalue weighted by molar-refractivity contribution is 5.26. The largest absolute Gasteiger partial charge is 0.376 e. The Hall–Kier alpha value is -1.12. The Labute approximate surface area is 111 Å². The van der Waals surface area contributed by atoms with Crippen LogP contribution in [-0.2, 0) is 17.8 Å². The predicted octanol–water partition coefficient (Wildman–Crippen LogP) is 3.32. The topological polar surface area (TPSA) is 21.3 Å². The van der Waals surface area contributed by atoms with Crippen LogP contribution in [0.25, 0.3) is 0 Å². The summed E-state index contributed by atoms with van der Waals surface area (Å²) in [4.78, 5) is 0. The van der Waals surface area contributed by atoms with Crippen LogP contribution >= 0.6 is 0 Å². The quantitative estimate of drug-likeness (QED) is 0.534. The van der Waals surface area contributed by atoms with Crippen LogP contribution < -0.4 is 5.32 Å². The van der Waals surface area contributed by atoms with Crippen molar-refractivity contribution >= 4 is 0 Å². The van der Waals surface area contributed by atoms with E-state index in [4.69, 9.17) is 4.74 Å². The predicted molar refractivity (Wildman–Crippen MR) is 77.8 cm³/mol. The van der Waals surface area contributed by atoms with Crippen LogP contribution in [0.1, 0.15) is 31.4 Å². The maximum absolute atomic E-state index is 5.64. The first-order valence-electron chi connectivity index (χ1n) is 6.73. The Morgan fingerprint density at radius 2 is 2.00 bits per heavy atom. The molecule has 100 valence electrons.